The molecule has 0 saturated heterocycles. The topological polar surface area (TPSA) is 62.8 Å². The van der Waals surface area contributed by atoms with Crippen molar-refractivity contribution in [1.82, 2.24) is 9.97 Å². The first-order chi connectivity index (χ1) is 11.2. The predicted octanol–water partition coefficient (Wildman–Crippen LogP) is 3.12. The molecule has 114 valence electrons. The summed E-state index contributed by atoms with van der Waals surface area (Å²) in [7, 11) is 0. The Kier molecular flexibility index (Phi) is 3.30. The van der Waals surface area contributed by atoms with E-state index in [1.807, 2.05) is 48.5 Å². The molecule has 1 aromatic heterocycles. The van der Waals surface area contributed by atoms with Gasteiger partial charge in [-0.1, -0.05) is 36.4 Å². The Hall–Kier alpha value is -2.75. The minimum Gasteiger partial charge on any atom is -0.342 e. The number of Topliss-reactive ketones (excluding diaryl/α,β-unsaturated/α-hetero) is 2. The number of imidazole rings is 1. The minimum atomic E-state index is -0.517. The van der Waals surface area contributed by atoms with Gasteiger partial charge in [0.25, 0.3) is 0 Å². The molecule has 23 heavy (non-hydrogen) atoms. The number of carbonyl (C=O) groups is 2. The van der Waals surface area contributed by atoms with Gasteiger partial charge in [0.1, 0.15) is 11.6 Å². The number of para-hydroxylation sites is 2. The molecule has 1 aliphatic rings. The van der Waals surface area contributed by atoms with E-state index >= 15 is 0 Å². The highest BCUT2D eigenvalue weighted by Gasteiger charge is 2.34. The van der Waals surface area contributed by atoms with E-state index in [2.05, 4.69) is 9.97 Å². The summed E-state index contributed by atoms with van der Waals surface area (Å²) >= 11 is 0. The number of ketones is 2. The van der Waals surface area contributed by atoms with Crippen LogP contribution in [0.25, 0.3) is 11.0 Å². The van der Waals surface area contributed by atoms with Crippen LogP contribution >= 0.6 is 0 Å². The summed E-state index contributed by atoms with van der Waals surface area (Å²) in [6.07, 6.45) is 1.41. The van der Waals surface area contributed by atoms with Crippen molar-refractivity contribution in [2.45, 2.75) is 19.3 Å². The molecule has 3 aromatic rings. The zero-order chi connectivity index (χ0) is 15.8. The maximum absolute atomic E-state index is 12.5. The Labute approximate surface area is 133 Å². The maximum Gasteiger partial charge on any atom is 0.173 e. The molecule has 0 saturated carbocycles. The highest BCUT2D eigenvalue weighted by Crippen LogP contribution is 2.28. The van der Waals surface area contributed by atoms with E-state index in [9.17, 15) is 9.59 Å². The first-order valence-electron chi connectivity index (χ1n) is 7.81. The molecule has 0 aliphatic heterocycles. The average Bonchev–Trinajstić information content (AvgIpc) is 3.14. The summed E-state index contributed by atoms with van der Waals surface area (Å²) in [6, 6.07) is 15.3. The molecule has 0 radical (unpaired) electrons. The third kappa shape index (κ3) is 2.46. The summed E-state index contributed by atoms with van der Waals surface area (Å²) < 4.78 is 0. The zero-order valence-electron chi connectivity index (χ0n) is 12.6. The van der Waals surface area contributed by atoms with Crippen LogP contribution < -0.4 is 0 Å². The molecule has 1 heterocycles. The lowest BCUT2D eigenvalue weighted by atomic mass is 9.96. The Balaban J connectivity index is 1.46. The normalized spacial score (nSPS) is 16.7. The number of fused-ring (bicyclic) bond motifs is 2. The minimum absolute atomic E-state index is 0.00616. The van der Waals surface area contributed by atoms with Crippen LogP contribution in [0.15, 0.2) is 48.5 Å². The monoisotopic (exact) mass is 304 g/mol. The molecule has 4 nitrogen and oxygen atoms in total. The second-order valence-corrected chi connectivity index (χ2v) is 5.95. The van der Waals surface area contributed by atoms with E-state index in [4.69, 9.17) is 0 Å². The summed E-state index contributed by atoms with van der Waals surface area (Å²) in [4.78, 5) is 32.5. The lowest BCUT2D eigenvalue weighted by molar-refractivity contribution is -0.121. The molecule has 4 rings (SSSR count). The van der Waals surface area contributed by atoms with E-state index in [0.717, 1.165) is 22.4 Å². The summed E-state index contributed by atoms with van der Waals surface area (Å²) in [5.74, 6) is 0.251. The van der Waals surface area contributed by atoms with Gasteiger partial charge >= 0.3 is 0 Å². The number of hydrogen-bond donors (Lipinski definition) is 1. The molecule has 4 heteroatoms. The molecule has 0 amide bonds. The van der Waals surface area contributed by atoms with Crippen molar-refractivity contribution in [2.24, 2.45) is 5.92 Å². The Morgan fingerprint density at radius 2 is 1.91 bits per heavy atom. The van der Waals surface area contributed by atoms with Crippen molar-refractivity contribution < 1.29 is 9.59 Å². The maximum atomic E-state index is 12.5. The van der Waals surface area contributed by atoms with Gasteiger partial charge in [0.05, 0.1) is 17.0 Å². The van der Waals surface area contributed by atoms with Gasteiger partial charge in [0, 0.05) is 18.4 Å². The molecule has 2 aromatic carbocycles. The molecule has 0 bridgehead atoms. The van der Waals surface area contributed by atoms with Crippen LogP contribution in [-0.4, -0.2) is 21.5 Å². The average molecular weight is 304 g/mol. The van der Waals surface area contributed by atoms with Crippen molar-refractivity contribution in [3.8, 4) is 0 Å². The predicted molar refractivity (Wildman–Crippen MR) is 87.4 cm³/mol. The van der Waals surface area contributed by atoms with E-state index in [1.165, 1.54) is 0 Å². The van der Waals surface area contributed by atoms with Gasteiger partial charge in [-0.25, -0.2) is 4.98 Å². The van der Waals surface area contributed by atoms with Crippen molar-refractivity contribution in [3.63, 3.8) is 0 Å². The molecular formula is C19H16N2O2. The number of hydrogen-bond acceptors (Lipinski definition) is 3. The third-order valence-electron chi connectivity index (χ3n) is 4.46. The fourth-order valence-corrected chi connectivity index (χ4v) is 3.24. The van der Waals surface area contributed by atoms with Gasteiger partial charge in [-0.2, -0.15) is 0 Å². The van der Waals surface area contributed by atoms with E-state index < -0.39 is 5.92 Å². The first kappa shape index (κ1) is 13.9. The zero-order valence-corrected chi connectivity index (χ0v) is 12.6. The summed E-state index contributed by atoms with van der Waals surface area (Å²) in [5.41, 5.74) is 3.56. The molecule has 0 unspecified atom stereocenters. The largest absolute Gasteiger partial charge is 0.342 e. The quantitative estimate of drug-likeness (QED) is 0.753. The lowest BCUT2D eigenvalue weighted by Crippen LogP contribution is -2.21. The highest BCUT2D eigenvalue weighted by atomic mass is 16.2. The first-order valence-corrected chi connectivity index (χ1v) is 7.81. The number of aryl methyl sites for hydroxylation is 1. The van der Waals surface area contributed by atoms with Crippen LogP contribution in [-0.2, 0) is 17.6 Å². The second kappa shape index (κ2) is 5.47. The third-order valence-corrected chi connectivity index (χ3v) is 4.46. The number of benzene rings is 2. The second-order valence-electron chi connectivity index (χ2n) is 5.95. The Morgan fingerprint density at radius 3 is 2.74 bits per heavy atom. The lowest BCUT2D eigenvalue weighted by Gasteiger charge is -2.05. The van der Waals surface area contributed by atoms with Crippen LogP contribution in [0.2, 0.25) is 0 Å². The number of rotatable bonds is 4. The van der Waals surface area contributed by atoms with Gasteiger partial charge < -0.3 is 4.98 Å². The molecule has 0 fully saturated rings. The molecule has 1 aliphatic carbocycles. The van der Waals surface area contributed by atoms with E-state index in [0.29, 0.717) is 24.8 Å². The number of H-pyrrole nitrogens is 1. The SMILES string of the molecule is O=C(CCc1nc2ccccc2[nH]1)[C@H]1Cc2ccccc2C1=O. The van der Waals surface area contributed by atoms with Gasteiger partial charge in [0.2, 0.25) is 0 Å². The Morgan fingerprint density at radius 1 is 1.13 bits per heavy atom. The smallest absolute Gasteiger partial charge is 0.173 e. The standard InChI is InChI=1S/C19H16N2O2/c22-17(14-11-12-5-1-2-6-13(12)19(14)23)9-10-18-20-15-7-3-4-8-16(15)21-18/h1-8,14H,9-11H2,(H,20,21)/t14-/m1/s1. The fraction of sp³-hybridized carbons (Fsp3) is 0.211. The van der Waals surface area contributed by atoms with Crippen LogP contribution in [0.5, 0.6) is 0 Å². The molecule has 1 atom stereocenters. The van der Waals surface area contributed by atoms with E-state index in [1.54, 1.807) is 0 Å². The number of aromatic amines is 1. The summed E-state index contributed by atoms with van der Waals surface area (Å²) in [6.45, 7) is 0. The molecule has 0 spiro atoms. The molecule has 1 N–H and O–H groups in total. The number of aromatic nitrogens is 2. The van der Waals surface area contributed by atoms with Gasteiger partial charge in [-0.05, 0) is 24.1 Å². The number of nitrogens with one attached hydrogen (secondary N) is 1. The Bertz CT molecular complexity index is 877. The van der Waals surface area contributed by atoms with Crippen LogP contribution in [0, 0.1) is 5.92 Å². The van der Waals surface area contributed by atoms with E-state index in [-0.39, 0.29) is 11.6 Å². The van der Waals surface area contributed by atoms with Crippen molar-refractivity contribution >= 4 is 22.6 Å². The van der Waals surface area contributed by atoms with Crippen molar-refractivity contribution in [1.29, 1.82) is 0 Å². The number of nitrogens with zero attached hydrogens (tertiary/aromatic N) is 1. The van der Waals surface area contributed by atoms with Crippen LogP contribution in [0.3, 0.4) is 0 Å². The fourth-order valence-electron chi connectivity index (χ4n) is 3.24. The molecular weight excluding hydrogens is 288 g/mol. The van der Waals surface area contributed by atoms with Crippen molar-refractivity contribution in [2.75, 3.05) is 0 Å². The van der Waals surface area contributed by atoms with Gasteiger partial charge in [0.15, 0.2) is 5.78 Å². The highest BCUT2D eigenvalue weighted by molar-refractivity contribution is 6.14. The van der Waals surface area contributed by atoms with Gasteiger partial charge in [-0.3, -0.25) is 9.59 Å². The summed E-state index contributed by atoms with van der Waals surface area (Å²) in [5, 5.41) is 0. The van der Waals surface area contributed by atoms with Crippen LogP contribution in [0.1, 0.15) is 28.2 Å². The van der Waals surface area contributed by atoms with Crippen LogP contribution in [0.4, 0.5) is 0 Å². The van der Waals surface area contributed by atoms with Gasteiger partial charge in [-0.15, -0.1) is 0 Å². The van der Waals surface area contributed by atoms with Crippen molar-refractivity contribution in [3.05, 3.63) is 65.5 Å². The number of carbonyl (C=O) groups excluding carboxylic acids is 2.